The standard InChI is InChI=1S/C19H26N2O2S/c1-13-11-16(24-15-5-3-2-4-6-15)8-9-17(13)21-19(23)14-7-10-18(22)20-12-14/h8-9,11,14-15H,2-7,10,12H2,1H3,(H,20,22)(H,21,23). The number of amides is 2. The van der Waals surface area contributed by atoms with Gasteiger partial charge in [0.25, 0.3) is 0 Å². The van der Waals surface area contributed by atoms with E-state index in [2.05, 4.69) is 22.8 Å². The summed E-state index contributed by atoms with van der Waals surface area (Å²) in [6.07, 6.45) is 7.78. The van der Waals surface area contributed by atoms with E-state index in [0.29, 0.717) is 19.4 Å². The van der Waals surface area contributed by atoms with Crippen molar-refractivity contribution in [1.82, 2.24) is 5.32 Å². The fraction of sp³-hybridized carbons (Fsp3) is 0.579. The van der Waals surface area contributed by atoms with Gasteiger partial charge in [-0.2, -0.15) is 0 Å². The molecule has 4 nitrogen and oxygen atoms in total. The minimum Gasteiger partial charge on any atom is -0.355 e. The molecular weight excluding hydrogens is 320 g/mol. The highest BCUT2D eigenvalue weighted by atomic mass is 32.2. The van der Waals surface area contributed by atoms with E-state index >= 15 is 0 Å². The SMILES string of the molecule is Cc1cc(SC2CCCCC2)ccc1NC(=O)C1CCC(=O)NC1. The van der Waals surface area contributed by atoms with Crippen LogP contribution in [0.1, 0.15) is 50.5 Å². The second kappa shape index (κ2) is 8.06. The van der Waals surface area contributed by atoms with Crippen molar-refractivity contribution in [1.29, 1.82) is 0 Å². The maximum atomic E-state index is 12.4. The van der Waals surface area contributed by atoms with Crippen LogP contribution in [0.4, 0.5) is 5.69 Å². The molecular formula is C19H26N2O2S. The lowest BCUT2D eigenvalue weighted by Gasteiger charge is -2.23. The lowest BCUT2D eigenvalue weighted by molar-refractivity contribution is -0.126. The molecule has 0 radical (unpaired) electrons. The number of thioether (sulfide) groups is 1. The van der Waals surface area contributed by atoms with Crippen LogP contribution in [0.3, 0.4) is 0 Å². The predicted molar refractivity (Wildman–Crippen MR) is 98.3 cm³/mol. The molecule has 2 fully saturated rings. The van der Waals surface area contributed by atoms with Crippen LogP contribution in [0.5, 0.6) is 0 Å². The third-order valence-electron chi connectivity index (χ3n) is 4.95. The number of benzene rings is 1. The molecule has 1 heterocycles. The number of hydrogen-bond donors (Lipinski definition) is 2. The molecule has 1 aromatic carbocycles. The van der Waals surface area contributed by atoms with E-state index in [1.54, 1.807) is 0 Å². The summed E-state index contributed by atoms with van der Waals surface area (Å²) in [4.78, 5) is 24.9. The van der Waals surface area contributed by atoms with Gasteiger partial charge in [-0.1, -0.05) is 19.3 Å². The van der Waals surface area contributed by atoms with Gasteiger partial charge in [0.05, 0.1) is 5.92 Å². The Bertz CT molecular complexity index is 601. The number of anilines is 1. The summed E-state index contributed by atoms with van der Waals surface area (Å²) in [5.41, 5.74) is 1.98. The topological polar surface area (TPSA) is 58.2 Å². The van der Waals surface area contributed by atoms with Crippen molar-refractivity contribution in [2.75, 3.05) is 11.9 Å². The Morgan fingerprint density at radius 3 is 2.67 bits per heavy atom. The van der Waals surface area contributed by atoms with Gasteiger partial charge in [0.2, 0.25) is 11.8 Å². The van der Waals surface area contributed by atoms with Gasteiger partial charge < -0.3 is 10.6 Å². The number of carbonyl (C=O) groups excluding carboxylic acids is 2. The highest BCUT2D eigenvalue weighted by molar-refractivity contribution is 8.00. The zero-order valence-electron chi connectivity index (χ0n) is 14.3. The highest BCUT2D eigenvalue weighted by Crippen LogP contribution is 2.35. The lowest BCUT2D eigenvalue weighted by Crippen LogP contribution is -2.40. The maximum Gasteiger partial charge on any atom is 0.229 e. The van der Waals surface area contributed by atoms with Gasteiger partial charge in [-0.05, 0) is 49.9 Å². The molecule has 1 unspecified atom stereocenters. The fourth-order valence-electron chi connectivity index (χ4n) is 3.42. The summed E-state index contributed by atoms with van der Waals surface area (Å²) in [5, 5.41) is 6.53. The van der Waals surface area contributed by atoms with E-state index in [4.69, 9.17) is 0 Å². The van der Waals surface area contributed by atoms with Gasteiger partial charge in [-0.25, -0.2) is 0 Å². The van der Waals surface area contributed by atoms with Gasteiger partial charge in [-0.15, -0.1) is 11.8 Å². The average Bonchev–Trinajstić information content (AvgIpc) is 2.59. The Labute approximate surface area is 148 Å². The minimum absolute atomic E-state index is 0.00536. The number of rotatable bonds is 4. The van der Waals surface area contributed by atoms with Crippen molar-refractivity contribution in [3.8, 4) is 0 Å². The van der Waals surface area contributed by atoms with Crippen molar-refractivity contribution in [2.24, 2.45) is 5.92 Å². The Balaban J connectivity index is 1.58. The molecule has 130 valence electrons. The van der Waals surface area contributed by atoms with Crippen LogP contribution in [0, 0.1) is 12.8 Å². The van der Waals surface area contributed by atoms with Gasteiger partial charge in [0.1, 0.15) is 0 Å². The summed E-state index contributed by atoms with van der Waals surface area (Å²) < 4.78 is 0. The van der Waals surface area contributed by atoms with E-state index in [1.165, 1.54) is 37.0 Å². The van der Waals surface area contributed by atoms with Crippen molar-refractivity contribution in [2.45, 2.75) is 62.0 Å². The van der Waals surface area contributed by atoms with Crippen LogP contribution in [0.25, 0.3) is 0 Å². The molecule has 1 aliphatic carbocycles. The zero-order chi connectivity index (χ0) is 16.9. The third kappa shape index (κ3) is 4.53. The molecule has 5 heteroatoms. The van der Waals surface area contributed by atoms with Crippen molar-refractivity contribution in [3.05, 3.63) is 23.8 Å². The Morgan fingerprint density at radius 1 is 1.21 bits per heavy atom. The van der Waals surface area contributed by atoms with Crippen molar-refractivity contribution < 1.29 is 9.59 Å². The number of piperidine rings is 1. The van der Waals surface area contributed by atoms with Crippen LogP contribution in [-0.2, 0) is 9.59 Å². The maximum absolute atomic E-state index is 12.4. The Morgan fingerprint density at radius 2 is 2.00 bits per heavy atom. The second-order valence-electron chi connectivity index (χ2n) is 6.88. The molecule has 24 heavy (non-hydrogen) atoms. The van der Waals surface area contributed by atoms with E-state index in [-0.39, 0.29) is 17.7 Å². The van der Waals surface area contributed by atoms with E-state index in [9.17, 15) is 9.59 Å². The smallest absolute Gasteiger partial charge is 0.229 e. The number of carbonyl (C=O) groups is 2. The van der Waals surface area contributed by atoms with Crippen molar-refractivity contribution in [3.63, 3.8) is 0 Å². The highest BCUT2D eigenvalue weighted by Gasteiger charge is 2.24. The minimum atomic E-state index is -0.126. The zero-order valence-corrected chi connectivity index (χ0v) is 15.1. The third-order valence-corrected chi connectivity index (χ3v) is 6.28. The summed E-state index contributed by atoms with van der Waals surface area (Å²) in [7, 11) is 0. The van der Waals surface area contributed by atoms with E-state index in [1.807, 2.05) is 24.8 Å². The fourth-order valence-corrected chi connectivity index (χ4v) is 4.76. The molecule has 1 aliphatic heterocycles. The average molecular weight is 346 g/mol. The molecule has 1 saturated carbocycles. The van der Waals surface area contributed by atoms with Crippen LogP contribution in [0.2, 0.25) is 0 Å². The molecule has 2 N–H and O–H groups in total. The molecule has 1 atom stereocenters. The summed E-state index contributed by atoms with van der Waals surface area (Å²) in [6.45, 7) is 2.49. The van der Waals surface area contributed by atoms with Crippen LogP contribution < -0.4 is 10.6 Å². The monoisotopic (exact) mass is 346 g/mol. The first kappa shape index (κ1) is 17.3. The second-order valence-corrected chi connectivity index (χ2v) is 8.26. The molecule has 2 amide bonds. The summed E-state index contributed by atoms with van der Waals surface area (Å²) in [5.74, 6) is -0.0801. The predicted octanol–water partition coefficient (Wildman–Crippen LogP) is 3.88. The van der Waals surface area contributed by atoms with Gasteiger partial charge in [-0.3, -0.25) is 9.59 Å². The molecule has 1 aromatic rings. The molecule has 0 spiro atoms. The Kier molecular flexibility index (Phi) is 5.82. The van der Waals surface area contributed by atoms with E-state index < -0.39 is 0 Å². The molecule has 3 rings (SSSR count). The summed E-state index contributed by atoms with van der Waals surface area (Å²) in [6, 6.07) is 6.31. The van der Waals surface area contributed by atoms with Gasteiger partial charge in [0, 0.05) is 28.8 Å². The van der Waals surface area contributed by atoms with Crippen LogP contribution in [0.15, 0.2) is 23.1 Å². The molecule has 0 bridgehead atoms. The first-order valence-corrected chi connectivity index (χ1v) is 9.84. The number of nitrogens with one attached hydrogen (secondary N) is 2. The quantitative estimate of drug-likeness (QED) is 0.870. The lowest BCUT2D eigenvalue weighted by atomic mass is 9.98. The molecule has 2 aliphatic rings. The van der Waals surface area contributed by atoms with Crippen LogP contribution >= 0.6 is 11.8 Å². The normalized spacial score (nSPS) is 22.0. The van der Waals surface area contributed by atoms with Crippen LogP contribution in [-0.4, -0.2) is 23.6 Å². The summed E-state index contributed by atoms with van der Waals surface area (Å²) >= 11 is 1.97. The van der Waals surface area contributed by atoms with Gasteiger partial charge >= 0.3 is 0 Å². The van der Waals surface area contributed by atoms with Gasteiger partial charge in [0.15, 0.2) is 0 Å². The Hall–Kier alpha value is -1.49. The first-order valence-electron chi connectivity index (χ1n) is 8.96. The number of aryl methyl sites for hydroxylation is 1. The molecule has 1 saturated heterocycles. The van der Waals surface area contributed by atoms with Crippen molar-refractivity contribution >= 4 is 29.3 Å². The first-order chi connectivity index (χ1) is 11.6. The van der Waals surface area contributed by atoms with E-state index in [0.717, 1.165) is 16.5 Å². The largest absolute Gasteiger partial charge is 0.355 e. The number of hydrogen-bond acceptors (Lipinski definition) is 3. The molecule has 0 aromatic heterocycles.